The standard InChI is InChI=1S/C25H23N3O2S/c1-3-17-5-9-19(10-6-17)24(29)28-25(31)26-20-11-7-18(8-12-20)15-23-27-21-14-16(2)4-13-22(21)30-23/h4-14H,3,15H2,1-2H3,(H2,26,28,29,31). The fourth-order valence-electron chi connectivity index (χ4n) is 3.27. The lowest BCUT2D eigenvalue weighted by Gasteiger charge is -2.10. The molecule has 0 spiro atoms. The highest BCUT2D eigenvalue weighted by molar-refractivity contribution is 7.80. The molecule has 6 heteroatoms. The van der Waals surface area contributed by atoms with Gasteiger partial charge in [0.25, 0.3) is 5.91 Å². The second kappa shape index (κ2) is 9.10. The lowest BCUT2D eigenvalue weighted by Crippen LogP contribution is -2.34. The number of aromatic nitrogens is 1. The van der Waals surface area contributed by atoms with Crippen LogP contribution in [-0.2, 0) is 12.8 Å². The van der Waals surface area contributed by atoms with E-state index in [2.05, 4.69) is 22.5 Å². The molecule has 5 nitrogen and oxygen atoms in total. The molecule has 0 fully saturated rings. The zero-order valence-corrected chi connectivity index (χ0v) is 18.3. The van der Waals surface area contributed by atoms with E-state index in [-0.39, 0.29) is 11.0 Å². The number of carbonyl (C=O) groups excluding carboxylic acids is 1. The van der Waals surface area contributed by atoms with E-state index < -0.39 is 0 Å². The van der Waals surface area contributed by atoms with Crippen molar-refractivity contribution >= 4 is 40.0 Å². The van der Waals surface area contributed by atoms with Crippen LogP contribution in [0.2, 0.25) is 0 Å². The smallest absolute Gasteiger partial charge is 0.257 e. The Balaban J connectivity index is 1.34. The summed E-state index contributed by atoms with van der Waals surface area (Å²) in [7, 11) is 0. The van der Waals surface area contributed by atoms with Crippen molar-refractivity contribution in [3.05, 3.63) is 94.9 Å². The number of nitrogens with one attached hydrogen (secondary N) is 2. The third-order valence-corrected chi connectivity index (χ3v) is 5.21. The van der Waals surface area contributed by atoms with E-state index in [0.29, 0.717) is 17.9 Å². The number of carbonyl (C=O) groups is 1. The molecule has 0 atom stereocenters. The molecule has 156 valence electrons. The van der Waals surface area contributed by atoms with Crippen molar-refractivity contribution in [3.8, 4) is 0 Å². The molecule has 0 aliphatic carbocycles. The average Bonchev–Trinajstić information content (AvgIpc) is 3.16. The summed E-state index contributed by atoms with van der Waals surface area (Å²) in [5.41, 5.74) is 6.45. The molecule has 0 saturated carbocycles. The molecule has 0 bridgehead atoms. The molecular weight excluding hydrogens is 406 g/mol. The molecule has 3 aromatic carbocycles. The fraction of sp³-hybridized carbons (Fsp3) is 0.160. The molecule has 0 unspecified atom stereocenters. The molecule has 0 aliphatic heterocycles. The summed E-state index contributed by atoms with van der Waals surface area (Å²) in [6.45, 7) is 4.11. The van der Waals surface area contributed by atoms with Gasteiger partial charge in [0, 0.05) is 17.7 Å². The molecule has 2 N–H and O–H groups in total. The maximum atomic E-state index is 12.3. The molecule has 1 aromatic heterocycles. The Kier molecular flexibility index (Phi) is 6.09. The Hall–Kier alpha value is -3.51. The summed E-state index contributed by atoms with van der Waals surface area (Å²) in [6.07, 6.45) is 1.53. The van der Waals surface area contributed by atoms with Crippen LogP contribution in [0.3, 0.4) is 0 Å². The van der Waals surface area contributed by atoms with Crippen molar-refractivity contribution in [3.63, 3.8) is 0 Å². The van der Waals surface area contributed by atoms with E-state index in [0.717, 1.165) is 34.3 Å². The normalized spacial score (nSPS) is 10.8. The Morgan fingerprint density at radius 1 is 1.00 bits per heavy atom. The zero-order valence-electron chi connectivity index (χ0n) is 17.4. The predicted molar refractivity (Wildman–Crippen MR) is 128 cm³/mol. The van der Waals surface area contributed by atoms with E-state index >= 15 is 0 Å². The Labute approximate surface area is 186 Å². The van der Waals surface area contributed by atoms with Crippen molar-refractivity contribution in [2.24, 2.45) is 0 Å². The molecule has 0 aliphatic rings. The molecule has 4 rings (SSSR count). The van der Waals surface area contributed by atoms with Gasteiger partial charge in [-0.3, -0.25) is 10.1 Å². The van der Waals surface area contributed by atoms with E-state index in [4.69, 9.17) is 16.6 Å². The van der Waals surface area contributed by atoms with Crippen LogP contribution in [0.25, 0.3) is 11.1 Å². The van der Waals surface area contributed by atoms with E-state index in [1.54, 1.807) is 12.1 Å². The summed E-state index contributed by atoms with van der Waals surface area (Å²) in [5, 5.41) is 6.01. The Morgan fingerprint density at radius 2 is 1.71 bits per heavy atom. The Bertz CT molecular complexity index is 1230. The average molecular weight is 430 g/mol. The van der Waals surface area contributed by atoms with Crippen molar-refractivity contribution < 1.29 is 9.21 Å². The van der Waals surface area contributed by atoms with Gasteiger partial charge in [-0.25, -0.2) is 4.98 Å². The van der Waals surface area contributed by atoms with Crippen molar-refractivity contribution in [1.82, 2.24) is 10.3 Å². The fourth-order valence-corrected chi connectivity index (χ4v) is 3.48. The van der Waals surface area contributed by atoms with Gasteiger partial charge in [-0.15, -0.1) is 0 Å². The van der Waals surface area contributed by atoms with Gasteiger partial charge in [-0.1, -0.05) is 37.3 Å². The highest BCUT2D eigenvalue weighted by atomic mass is 32.1. The first-order valence-corrected chi connectivity index (χ1v) is 10.6. The maximum Gasteiger partial charge on any atom is 0.257 e. The highest BCUT2D eigenvalue weighted by Gasteiger charge is 2.09. The summed E-state index contributed by atoms with van der Waals surface area (Å²) in [5.74, 6) is 0.446. The number of thiocarbonyl (C=S) groups is 1. The zero-order chi connectivity index (χ0) is 21.8. The van der Waals surface area contributed by atoms with E-state index in [9.17, 15) is 4.79 Å². The van der Waals surface area contributed by atoms with Gasteiger partial charge in [0.1, 0.15) is 5.52 Å². The van der Waals surface area contributed by atoms with Crippen LogP contribution in [-0.4, -0.2) is 16.0 Å². The number of nitrogens with zero attached hydrogens (tertiary/aromatic N) is 1. The van der Waals surface area contributed by atoms with E-state index in [1.807, 2.05) is 61.5 Å². The molecule has 1 heterocycles. The molecule has 0 saturated heterocycles. The van der Waals surface area contributed by atoms with Gasteiger partial charge in [0.05, 0.1) is 0 Å². The van der Waals surface area contributed by atoms with Crippen molar-refractivity contribution in [2.75, 3.05) is 5.32 Å². The molecule has 0 radical (unpaired) electrons. The van der Waals surface area contributed by atoms with Crippen LogP contribution in [0.1, 0.15) is 39.9 Å². The third-order valence-electron chi connectivity index (χ3n) is 5.01. The summed E-state index contributed by atoms with van der Waals surface area (Å²) < 4.78 is 5.83. The third kappa shape index (κ3) is 5.16. The number of hydrogen-bond donors (Lipinski definition) is 2. The summed E-state index contributed by atoms with van der Waals surface area (Å²) in [4.78, 5) is 16.9. The van der Waals surface area contributed by atoms with Gasteiger partial charge in [0.2, 0.25) is 0 Å². The van der Waals surface area contributed by atoms with Crippen LogP contribution < -0.4 is 10.6 Å². The van der Waals surface area contributed by atoms with Gasteiger partial charge in [0.15, 0.2) is 16.6 Å². The minimum atomic E-state index is -0.233. The van der Waals surface area contributed by atoms with Crippen LogP contribution >= 0.6 is 12.2 Å². The van der Waals surface area contributed by atoms with Gasteiger partial charge in [-0.05, 0) is 78.7 Å². The molecule has 1 amide bonds. The predicted octanol–water partition coefficient (Wildman–Crippen LogP) is 5.42. The van der Waals surface area contributed by atoms with Gasteiger partial charge >= 0.3 is 0 Å². The monoisotopic (exact) mass is 429 g/mol. The molecular formula is C25H23N3O2S. The molecule has 31 heavy (non-hydrogen) atoms. The largest absolute Gasteiger partial charge is 0.440 e. The topological polar surface area (TPSA) is 67.2 Å². The lowest BCUT2D eigenvalue weighted by molar-refractivity contribution is 0.0977. The minimum absolute atomic E-state index is 0.233. The lowest BCUT2D eigenvalue weighted by atomic mass is 10.1. The maximum absolute atomic E-state index is 12.3. The number of rotatable bonds is 5. The number of amides is 1. The second-order valence-electron chi connectivity index (χ2n) is 7.41. The number of benzene rings is 3. The first kappa shape index (κ1) is 20.8. The van der Waals surface area contributed by atoms with E-state index in [1.165, 1.54) is 5.56 Å². The van der Waals surface area contributed by atoms with Crippen molar-refractivity contribution in [2.45, 2.75) is 26.7 Å². The van der Waals surface area contributed by atoms with Crippen molar-refractivity contribution in [1.29, 1.82) is 0 Å². The Morgan fingerprint density at radius 3 is 2.42 bits per heavy atom. The number of anilines is 1. The summed E-state index contributed by atoms with van der Waals surface area (Å²) >= 11 is 5.28. The number of fused-ring (bicyclic) bond motifs is 1. The first-order valence-electron chi connectivity index (χ1n) is 10.2. The second-order valence-corrected chi connectivity index (χ2v) is 7.82. The van der Waals surface area contributed by atoms with Gasteiger partial charge < -0.3 is 9.73 Å². The van der Waals surface area contributed by atoms with Crippen LogP contribution in [0, 0.1) is 6.92 Å². The quantitative estimate of drug-likeness (QED) is 0.415. The van der Waals surface area contributed by atoms with Crippen LogP contribution in [0.15, 0.2) is 71.1 Å². The van der Waals surface area contributed by atoms with Gasteiger partial charge in [-0.2, -0.15) is 0 Å². The van der Waals surface area contributed by atoms with Crippen LogP contribution in [0.4, 0.5) is 5.69 Å². The minimum Gasteiger partial charge on any atom is -0.440 e. The van der Waals surface area contributed by atoms with Crippen LogP contribution in [0.5, 0.6) is 0 Å². The number of hydrogen-bond acceptors (Lipinski definition) is 4. The summed E-state index contributed by atoms with van der Waals surface area (Å²) in [6, 6.07) is 21.3. The SMILES string of the molecule is CCc1ccc(C(=O)NC(=S)Nc2ccc(Cc3nc4cc(C)ccc4o3)cc2)cc1. The number of aryl methyl sites for hydroxylation is 2. The molecule has 4 aromatic rings. The highest BCUT2D eigenvalue weighted by Crippen LogP contribution is 2.20. The first-order chi connectivity index (χ1) is 15.0. The number of oxazole rings is 1.